The van der Waals surface area contributed by atoms with Crippen LogP contribution in [0.25, 0.3) is 0 Å². The number of allylic oxidation sites excluding steroid dienone is 2. The summed E-state index contributed by atoms with van der Waals surface area (Å²) >= 11 is 0. The Bertz CT molecular complexity index is 532. The molecule has 26 heavy (non-hydrogen) atoms. The smallest absolute Gasteiger partial charge is 0.115 e. The number of rotatable bonds is 7. The fraction of sp³-hybridized carbons (Fsp3) is 0.667. The molecule has 0 bridgehead atoms. The van der Waals surface area contributed by atoms with Gasteiger partial charge in [0.15, 0.2) is 0 Å². The Balaban J connectivity index is 1.40. The zero-order valence-corrected chi connectivity index (χ0v) is 16.0. The summed E-state index contributed by atoms with van der Waals surface area (Å²) in [5.74, 6) is 3.24. The van der Waals surface area contributed by atoms with E-state index in [-0.39, 0.29) is 13.3 Å². The molecule has 0 amide bonds. The van der Waals surface area contributed by atoms with Gasteiger partial charge in [-0.25, -0.2) is 4.39 Å². The number of hydrogen-bond acceptors (Lipinski definition) is 0. The summed E-state index contributed by atoms with van der Waals surface area (Å²) in [6.07, 6.45) is 16.8. The monoisotopic (exact) mass is 360 g/mol. The van der Waals surface area contributed by atoms with Gasteiger partial charge in [0.05, 0.1) is 6.67 Å². The molecule has 0 nitrogen and oxygen atoms in total. The van der Waals surface area contributed by atoms with Crippen LogP contribution in [-0.2, 0) is 6.67 Å². The molecule has 2 saturated carbocycles. The Labute approximate surface area is 158 Å². The Kier molecular flexibility index (Phi) is 7.70. The molecule has 2 fully saturated rings. The van der Waals surface area contributed by atoms with Crippen molar-refractivity contribution in [3.05, 3.63) is 47.5 Å². The highest BCUT2D eigenvalue weighted by Crippen LogP contribution is 2.44. The molecule has 0 heterocycles. The van der Waals surface area contributed by atoms with Gasteiger partial charge < -0.3 is 0 Å². The van der Waals surface area contributed by atoms with E-state index in [4.69, 9.17) is 0 Å². The Morgan fingerprint density at radius 1 is 0.808 bits per heavy atom. The van der Waals surface area contributed by atoms with E-state index >= 15 is 0 Å². The molecule has 144 valence electrons. The second kappa shape index (κ2) is 10.2. The first-order chi connectivity index (χ1) is 12.8. The highest BCUT2D eigenvalue weighted by Gasteiger charge is 2.30. The number of benzene rings is 1. The Morgan fingerprint density at radius 3 is 2.00 bits per heavy atom. The van der Waals surface area contributed by atoms with E-state index in [2.05, 4.69) is 24.3 Å². The highest BCUT2D eigenvalue weighted by atomic mass is 19.1. The summed E-state index contributed by atoms with van der Waals surface area (Å²) in [4.78, 5) is 0. The van der Waals surface area contributed by atoms with Crippen LogP contribution in [0.5, 0.6) is 0 Å². The lowest BCUT2D eigenvalue weighted by Gasteiger charge is -2.37. The molecule has 0 radical (unpaired) electrons. The fourth-order valence-electron chi connectivity index (χ4n) is 5.10. The van der Waals surface area contributed by atoms with E-state index < -0.39 is 0 Å². The van der Waals surface area contributed by atoms with E-state index in [1.54, 1.807) is 0 Å². The van der Waals surface area contributed by atoms with Gasteiger partial charge >= 0.3 is 0 Å². The van der Waals surface area contributed by atoms with Crippen LogP contribution in [0.4, 0.5) is 8.78 Å². The third kappa shape index (κ3) is 5.41. The van der Waals surface area contributed by atoms with Crippen LogP contribution in [0.3, 0.4) is 0 Å². The zero-order chi connectivity index (χ0) is 18.2. The summed E-state index contributed by atoms with van der Waals surface area (Å²) < 4.78 is 24.8. The lowest BCUT2D eigenvalue weighted by molar-refractivity contribution is 0.171. The molecule has 2 aliphatic rings. The van der Waals surface area contributed by atoms with Gasteiger partial charge in [-0.15, -0.1) is 0 Å². The average molecular weight is 361 g/mol. The predicted molar refractivity (Wildman–Crippen MR) is 106 cm³/mol. The second-order valence-electron chi connectivity index (χ2n) is 8.42. The first-order valence-corrected chi connectivity index (χ1v) is 10.7. The van der Waals surface area contributed by atoms with E-state index in [9.17, 15) is 8.78 Å². The Hall–Kier alpha value is -1.18. The fourth-order valence-corrected chi connectivity index (χ4v) is 5.10. The minimum atomic E-state index is -0.360. The van der Waals surface area contributed by atoms with Gasteiger partial charge in [0.1, 0.15) is 6.67 Å². The summed E-state index contributed by atoms with van der Waals surface area (Å²) in [5, 5.41) is 0. The summed E-state index contributed by atoms with van der Waals surface area (Å²) in [6.45, 7) is -0.555. The molecule has 0 spiro atoms. The summed E-state index contributed by atoms with van der Waals surface area (Å²) in [5.41, 5.74) is 2.20. The molecule has 3 rings (SSSR count). The maximum absolute atomic E-state index is 12.7. The molecular weight excluding hydrogens is 326 g/mol. The maximum atomic E-state index is 12.7. The lowest BCUT2D eigenvalue weighted by Crippen LogP contribution is -2.25. The molecule has 1 aromatic carbocycles. The van der Waals surface area contributed by atoms with Crippen LogP contribution >= 0.6 is 0 Å². The van der Waals surface area contributed by atoms with Gasteiger partial charge in [-0.05, 0) is 99.0 Å². The van der Waals surface area contributed by atoms with Gasteiger partial charge in [0.25, 0.3) is 0 Å². The van der Waals surface area contributed by atoms with Crippen LogP contribution in [0.15, 0.2) is 36.4 Å². The number of unbranched alkanes of at least 4 members (excludes halogenated alkanes) is 1. The molecule has 2 aliphatic carbocycles. The van der Waals surface area contributed by atoms with E-state index in [1.807, 2.05) is 12.1 Å². The molecule has 0 unspecified atom stereocenters. The third-order valence-corrected chi connectivity index (χ3v) is 6.77. The quantitative estimate of drug-likeness (QED) is 0.348. The van der Waals surface area contributed by atoms with Crippen molar-refractivity contribution in [2.45, 2.75) is 76.8 Å². The molecule has 0 saturated heterocycles. The van der Waals surface area contributed by atoms with Crippen molar-refractivity contribution in [3.8, 4) is 0 Å². The number of halogens is 2. The normalized spacial score (nSPS) is 29.9. The van der Waals surface area contributed by atoms with Crippen LogP contribution in [0.1, 0.15) is 81.3 Å². The van der Waals surface area contributed by atoms with Crippen LogP contribution < -0.4 is 0 Å². The van der Waals surface area contributed by atoms with Crippen molar-refractivity contribution in [2.75, 3.05) is 6.67 Å². The van der Waals surface area contributed by atoms with Crippen molar-refractivity contribution in [1.82, 2.24) is 0 Å². The topological polar surface area (TPSA) is 0 Å². The molecule has 0 aliphatic heterocycles. The Morgan fingerprint density at radius 2 is 1.42 bits per heavy atom. The van der Waals surface area contributed by atoms with Crippen molar-refractivity contribution >= 4 is 0 Å². The molecule has 0 aromatic heterocycles. The number of hydrogen-bond donors (Lipinski definition) is 0. The maximum Gasteiger partial charge on any atom is 0.115 e. The molecule has 0 atom stereocenters. The van der Waals surface area contributed by atoms with Crippen molar-refractivity contribution in [1.29, 1.82) is 0 Å². The highest BCUT2D eigenvalue weighted by molar-refractivity contribution is 5.25. The molecular formula is C24H34F2. The minimum Gasteiger partial charge on any atom is -0.251 e. The first kappa shape index (κ1) is 19.6. The first-order valence-electron chi connectivity index (χ1n) is 10.7. The SMILES string of the molecule is FCCC/C=C/[C@H]1CC[C@H](C2CCC(c3ccc(CF)cc3)CC2)CC1. The predicted octanol–water partition coefficient (Wildman–Crippen LogP) is 7.54. The van der Waals surface area contributed by atoms with Gasteiger partial charge in [-0.3, -0.25) is 4.39 Å². The van der Waals surface area contributed by atoms with Crippen LogP contribution in [-0.4, -0.2) is 6.67 Å². The van der Waals surface area contributed by atoms with Gasteiger partial charge in [0.2, 0.25) is 0 Å². The zero-order valence-electron chi connectivity index (χ0n) is 16.0. The molecule has 0 N–H and O–H groups in total. The van der Waals surface area contributed by atoms with Crippen molar-refractivity contribution in [2.24, 2.45) is 17.8 Å². The third-order valence-electron chi connectivity index (χ3n) is 6.77. The molecule has 1 aromatic rings. The van der Waals surface area contributed by atoms with Crippen molar-refractivity contribution in [3.63, 3.8) is 0 Å². The van der Waals surface area contributed by atoms with Gasteiger partial charge in [-0.2, -0.15) is 0 Å². The largest absolute Gasteiger partial charge is 0.251 e. The van der Waals surface area contributed by atoms with E-state index in [0.29, 0.717) is 12.3 Å². The summed E-state index contributed by atoms with van der Waals surface area (Å²) in [7, 11) is 0. The minimum absolute atomic E-state index is 0.195. The van der Waals surface area contributed by atoms with Crippen LogP contribution in [0, 0.1) is 17.8 Å². The standard InChI is InChI=1S/C24H34F2/c25-17-3-1-2-4-19-5-9-21(10-6-19)23-13-15-24(16-14-23)22-11-7-20(18-26)8-12-22/h2,4,7-8,11-12,19,21,23-24H,1,3,5-6,9-10,13-18H2/b4-2+/t19-,21-,23?,24?. The second-order valence-corrected chi connectivity index (χ2v) is 8.42. The molecule has 2 heteroatoms. The number of alkyl halides is 2. The lowest BCUT2D eigenvalue weighted by atomic mass is 9.68. The van der Waals surface area contributed by atoms with Gasteiger partial charge in [-0.1, -0.05) is 36.4 Å². The van der Waals surface area contributed by atoms with Crippen LogP contribution in [0.2, 0.25) is 0 Å². The van der Waals surface area contributed by atoms with Gasteiger partial charge in [0, 0.05) is 0 Å². The van der Waals surface area contributed by atoms with E-state index in [0.717, 1.165) is 29.7 Å². The summed E-state index contributed by atoms with van der Waals surface area (Å²) in [6, 6.07) is 8.17. The van der Waals surface area contributed by atoms with Crippen molar-refractivity contribution < 1.29 is 8.78 Å². The van der Waals surface area contributed by atoms with E-state index in [1.165, 1.54) is 56.9 Å². The average Bonchev–Trinajstić information content (AvgIpc) is 2.72.